The van der Waals surface area contributed by atoms with Gasteiger partial charge in [0.1, 0.15) is 23.1 Å². The van der Waals surface area contributed by atoms with Gasteiger partial charge in [0, 0.05) is 17.2 Å². The number of rotatable bonds is 0. The third-order valence-corrected chi connectivity index (χ3v) is 6.09. The lowest BCUT2D eigenvalue weighted by Crippen LogP contribution is -2.15. The maximum absolute atomic E-state index is 14.5. The van der Waals surface area contributed by atoms with Crippen LogP contribution in [-0.2, 0) is 21.4 Å². The van der Waals surface area contributed by atoms with Gasteiger partial charge in [0.2, 0.25) is 5.95 Å². The molecule has 0 aliphatic carbocycles. The van der Waals surface area contributed by atoms with E-state index in [0.29, 0.717) is 6.07 Å². The second kappa shape index (κ2) is 7.43. The van der Waals surface area contributed by atoms with E-state index in [-0.39, 0.29) is 22.4 Å². The van der Waals surface area contributed by atoms with E-state index in [0.717, 1.165) is 30.3 Å². The summed E-state index contributed by atoms with van der Waals surface area (Å²) in [6, 6.07) is 5.02. The molecular formula is C19H10ClF3N2O5S. The Kier molecular flexibility index (Phi) is 5.02. The van der Waals surface area contributed by atoms with Crippen molar-refractivity contribution >= 4 is 33.3 Å². The van der Waals surface area contributed by atoms with Gasteiger partial charge in [-0.2, -0.15) is 4.39 Å². The van der Waals surface area contributed by atoms with Crippen LogP contribution >= 0.6 is 11.6 Å². The van der Waals surface area contributed by atoms with Gasteiger partial charge in [0.15, 0.2) is 5.75 Å². The Balaban J connectivity index is 2.02. The average molecular weight is 471 g/mol. The highest BCUT2D eigenvalue weighted by atomic mass is 35.5. The van der Waals surface area contributed by atoms with Crippen molar-refractivity contribution in [2.75, 3.05) is 4.72 Å². The lowest BCUT2D eigenvalue weighted by molar-refractivity contribution is 0.0467. The number of nitrogens with zero attached hydrogens (tertiary/aromatic N) is 1. The van der Waals surface area contributed by atoms with Crippen molar-refractivity contribution in [1.82, 2.24) is 4.98 Å². The molecule has 0 atom stereocenters. The number of cyclic esters (lactones) is 1. The van der Waals surface area contributed by atoms with Crippen LogP contribution < -0.4 is 4.72 Å². The van der Waals surface area contributed by atoms with Crippen LogP contribution in [0, 0.1) is 17.6 Å². The predicted molar refractivity (Wildman–Crippen MR) is 103 cm³/mol. The van der Waals surface area contributed by atoms with Gasteiger partial charge < -0.3 is 9.84 Å². The van der Waals surface area contributed by atoms with Crippen LogP contribution in [0.15, 0.2) is 41.3 Å². The van der Waals surface area contributed by atoms with E-state index in [1.807, 2.05) is 4.72 Å². The molecule has 12 heteroatoms. The second-order valence-corrected chi connectivity index (χ2v) is 8.48. The molecule has 0 unspecified atom stereocenters. The number of aromatic hydroxyl groups is 1. The number of nitrogens with one attached hydrogen (secondary N) is 1. The Labute approximate surface area is 178 Å². The fourth-order valence-electron chi connectivity index (χ4n) is 2.98. The zero-order valence-electron chi connectivity index (χ0n) is 15.1. The highest BCUT2D eigenvalue weighted by Crippen LogP contribution is 2.36. The minimum Gasteiger partial charge on any atom is -0.505 e. The summed E-state index contributed by atoms with van der Waals surface area (Å²) in [5, 5.41) is 9.60. The molecular weight excluding hydrogens is 461 g/mol. The van der Waals surface area contributed by atoms with Gasteiger partial charge in [0.05, 0.1) is 22.0 Å². The van der Waals surface area contributed by atoms with Crippen molar-refractivity contribution in [1.29, 1.82) is 0 Å². The molecule has 0 fully saturated rings. The third-order valence-electron chi connectivity index (χ3n) is 4.43. The van der Waals surface area contributed by atoms with Crippen LogP contribution in [0.1, 0.15) is 16.1 Å². The summed E-state index contributed by atoms with van der Waals surface area (Å²) in [5.74, 6) is -5.27. The molecule has 4 bridgehead atoms. The number of carbonyl (C=O) groups excluding carboxylic acids is 1. The van der Waals surface area contributed by atoms with Crippen LogP contribution in [0.2, 0.25) is 5.02 Å². The van der Waals surface area contributed by atoms with Crippen LogP contribution in [0.4, 0.5) is 18.9 Å². The molecule has 1 aromatic heterocycles. The van der Waals surface area contributed by atoms with Crippen molar-refractivity contribution in [2.24, 2.45) is 0 Å². The monoisotopic (exact) mass is 470 g/mol. The molecule has 2 aromatic carbocycles. The largest absolute Gasteiger partial charge is 0.505 e. The molecule has 0 radical (unpaired) electrons. The Morgan fingerprint density at radius 1 is 1.06 bits per heavy atom. The van der Waals surface area contributed by atoms with Crippen molar-refractivity contribution < 1.29 is 36.2 Å². The Morgan fingerprint density at radius 3 is 2.55 bits per heavy atom. The van der Waals surface area contributed by atoms with E-state index in [4.69, 9.17) is 16.3 Å². The lowest BCUT2D eigenvalue weighted by Gasteiger charge is -2.14. The smallest absolute Gasteiger partial charge is 0.338 e. The highest BCUT2D eigenvalue weighted by Gasteiger charge is 2.27. The summed E-state index contributed by atoms with van der Waals surface area (Å²) >= 11 is 5.83. The van der Waals surface area contributed by atoms with Crippen LogP contribution in [0.25, 0.3) is 11.1 Å². The van der Waals surface area contributed by atoms with Gasteiger partial charge in [-0.05, 0) is 30.3 Å². The molecule has 1 aliphatic rings. The number of phenols is 1. The van der Waals surface area contributed by atoms with E-state index < -0.39 is 61.5 Å². The summed E-state index contributed by atoms with van der Waals surface area (Å²) in [4.78, 5) is 15.2. The van der Waals surface area contributed by atoms with Crippen LogP contribution in [0.5, 0.6) is 5.75 Å². The average Bonchev–Trinajstić information content (AvgIpc) is 2.70. The number of anilines is 1. The van der Waals surface area contributed by atoms with Gasteiger partial charge in [-0.1, -0.05) is 11.6 Å². The number of sulfonamides is 1. The Morgan fingerprint density at radius 2 is 1.81 bits per heavy atom. The zero-order valence-corrected chi connectivity index (χ0v) is 16.7. The minimum atomic E-state index is -4.69. The maximum atomic E-state index is 14.5. The quantitative estimate of drug-likeness (QED) is 0.380. The van der Waals surface area contributed by atoms with E-state index >= 15 is 0 Å². The van der Waals surface area contributed by atoms with Gasteiger partial charge in [-0.3, -0.25) is 4.72 Å². The SMILES string of the molecule is O=C1OCc2nc(F)ccc2-c2cc(c(F)cc2F)NS(=O)(=O)c2cc1cc(Cl)c2O. The number of phenolic OH excluding ortho intramolecular Hbond substituents is 1. The number of halogens is 4. The van der Waals surface area contributed by atoms with Gasteiger partial charge in [-0.25, -0.2) is 27.0 Å². The van der Waals surface area contributed by atoms with Crippen molar-refractivity contribution in [3.63, 3.8) is 0 Å². The maximum Gasteiger partial charge on any atom is 0.338 e. The first-order chi connectivity index (χ1) is 14.6. The topological polar surface area (TPSA) is 106 Å². The summed E-state index contributed by atoms with van der Waals surface area (Å²) in [7, 11) is -4.69. The summed E-state index contributed by atoms with van der Waals surface area (Å²) in [5.41, 5.74) is -1.61. The highest BCUT2D eigenvalue weighted by molar-refractivity contribution is 7.92. The summed E-state index contributed by atoms with van der Waals surface area (Å²) < 4.78 is 75.1. The standard InChI is InChI=1S/C19H10ClF3N2O5S/c20-11-3-8-4-16(18(11)26)31(28,29)25-14-5-10(12(21)6-13(14)22)9-1-2-17(23)24-15(9)7-30-19(8)27/h1-6,25-26H,7H2. The number of fused-ring (bicyclic) bond motifs is 6. The van der Waals surface area contributed by atoms with E-state index in [1.165, 1.54) is 0 Å². The molecule has 3 aromatic rings. The second-order valence-electron chi connectivity index (χ2n) is 6.43. The van der Waals surface area contributed by atoms with Gasteiger partial charge in [0.25, 0.3) is 10.0 Å². The number of benzene rings is 2. The molecule has 0 saturated heterocycles. The van der Waals surface area contributed by atoms with Crippen molar-refractivity contribution in [3.8, 4) is 16.9 Å². The number of pyridine rings is 1. The number of hydrogen-bond acceptors (Lipinski definition) is 6. The molecule has 2 N–H and O–H groups in total. The van der Waals surface area contributed by atoms with Crippen molar-refractivity contribution in [2.45, 2.75) is 11.5 Å². The Bertz CT molecular complexity index is 1370. The number of esters is 1. The fraction of sp³-hybridized carbons (Fsp3) is 0.0526. The molecule has 160 valence electrons. The van der Waals surface area contributed by atoms with Crippen LogP contribution in [0.3, 0.4) is 0 Å². The third kappa shape index (κ3) is 3.77. The number of ether oxygens (including phenoxy) is 1. The first kappa shape index (κ1) is 20.9. The lowest BCUT2D eigenvalue weighted by atomic mass is 10.0. The van der Waals surface area contributed by atoms with E-state index in [1.54, 1.807) is 0 Å². The fourth-order valence-corrected chi connectivity index (χ4v) is 4.45. The van der Waals surface area contributed by atoms with Gasteiger partial charge in [-0.15, -0.1) is 0 Å². The minimum absolute atomic E-state index is 0.0565. The van der Waals surface area contributed by atoms with E-state index in [9.17, 15) is 31.5 Å². The predicted octanol–water partition coefficient (Wildman–Crippen LogP) is 4.00. The van der Waals surface area contributed by atoms with E-state index in [2.05, 4.69) is 4.98 Å². The normalized spacial score (nSPS) is 14.9. The molecule has 0 saturated carbocycles. The molecule has 0 amide bonds. The Hall–Kier alpha value is -3.31. The molecule has 4 rings (SSSR count). The summed E-state index contributed by atoms with van der Waals surface area (Å²) in [6.07, 6.45) is 0. The molecule has 31 heavy (non-hydrogen) atoms. The zero-order chi connectivity index (χ0) is 22.5. The first-order valence-corrected chi connectivity index (χ1v) is 10.3. The summed E-state index contributed by atoms with van der Waals surface area (Å²) in [6.45, 7) is -0.619. The molecule has 7 nitrogen and oxygen atoms in total. The van der Waals surface area contributed by atoms with Crippen molar-refractivity contribution in [3.05, 3.63) is 70.3 Å². The molecule has 1 aliphatic heterocycles. The molecule has 0 spiro atoms. The van der Waals surface area contributed by atoms with Gasteiger partial charge >= 0.3 is 5.97 Å². The first-order valence-electron chi connectivity index (χ1n) is 8.44. The number of aromatic nitrogens is 1. The molecule has 2 heterocycles. The number of hydrogen-bond donors (Lipinski definition) is 2. The number of carbonyl (C=O) groups is 1. The van der Waals surface area contributed by atoms with Crippen LogP contribution in [-0.4, -0.2) is 24.5 Å².